The third-order valence-electron chi connectivity index (χ3n) is 2.62. The molecule has 0 saturated heterocycles. The maximum Gasteiger partial charge on any atom is 0.237 e. The Kier molecular flexibility index (Phi) is 4.42. The number of carbonyl (C=O) groups is 1. The van der Waals surface area contributed by atoms with E-state index in [9.17, 15) is 4.79 Å². The molecule has 3 nitrogen and oxygen atoms in total. The normalized spacial score (nSPS) is 13.5. The Morgan fingerprint density at radius 1 is 1.41 bits per heavy atom. The molecule has 1 rings (SSSR count). The first-order valence-electron chi connectivity index (χ1n) is 5.26. The molecule has 0 aliphatic carbocycles. The van der Waals surface area contributed by atoms with Crippen molar-refractivity contribution in [3.05, 3.63) is 33.8 Å². The standard InChI is InChI=1S/C12H16Cl2N2O/c1-7(16-12(2,3)11(15)17)9-5-4-8(13)6-10(9)14/h4-7,16H,1-3H3,(H2,15,17). The molecule has 0 saturated carbocycles. The van der Waals surface area contributed by atoms with Crippen LogP contribution in [0.15, 0.2) is 18.2 Å². The highest BCUT2D eigenvalue weighted by Crippen LogP contribution is 2.27. The molecule has 94 valence electrons. The maximum absolute atomic E-state index is 11.2. The molecular formula is C12H16Cl2N2O. The van der Waals surface area contributed by atoms with Gasteiger partial charge in [0.25, 0.3) is 0 Å². The fraction of sp³-hybridized carbons (Fsp3) is 0.417. The zero-order valence-electron chi connectivity index (χ0n) is 10.1. The highest BCUT2D eigenvalue weighted by molar-refractivity contribution is 6.35. The first-order chi connectivity index (χ1) is 7.74. The molecule has 1 atom stereocenters. The largest absolute Gasteiger partial charge is 0.368 e. The average molecular weight is 275 g/mol. The van der Waals surface area contributed by atoms with Gasteiger partial charge in [-0.1, -0.05) is 29.3 Å². The van der Waals surface area contributed by atoms with Gasteiger partial charge in [0.2, 0.25) is 5.91 Å². The first kappa shape index (κ1) is 14.3. The molecule has 0 aromatic heterocycles. The SMILES string of the molecule is CC(NC(C)(C)C(N)=O)c1ccc(Cl)cc1Cl. The lowest BCUT2D eigenvalue weighted by Gasteiger charge is -2.27. The molecule has 1 aromatic rings. The molecule has 1 amide bonds. The Morgan fingerprint density at radius 3 is 2.47 bits per heavy atom. The van der Waals surface area contributed by atoms with E-state index in [4.69, 9.17) is 28.9 Å². The van der Waals surface area contributed by atoms with Crippen LogP contribution in [0, 0.1) is 0 Å². The maximum atomic E-state index is 11.2. The zero-order valence-corrected chi connectivity index (χ0v) is 11.6. The van der Waals surface area contributed by atoms with Crippen molar-refractivity contribution in [3.63, 3.8) is 0 Å². The Bertz CT molecular complexity index is 433. The van der Waals surface area contributed by atoms with E-state index in [0.29, 0.717) is 10.0 Å². The highest BCUT2D eigenvalue weighted by Gasteiger charge is 2.27. The smallest absolute Gasteiger partial charge is 0.237 e. The van der Waals surface area contributed by atoms with E-state index in [2.05, 4.69) is 5.32 Å². The topological polar surface area (TPSA) is 55.1 Å². The Balaban J connectivity index is 2.90. The first-order valence-corrected chi connectivity index (χ1v) is 6.02. The van der Waals surface area contributed by atoms with Crippen LogP contribution in [-0.2, 0) is 4.79 Å². The van der Waals surface area contributed by atoms with Crippen molar-refractivity contribution in [2.45, 2.75) is 32.4 Å². The van der Waals surface area contributed by atoms with Crippen LogP contribution in [0.5, 0.6) is 0 Å². The molecule has 5 heteroatoms. The molecule has 0 fully saturated rings. The molecule has 17 heavy (non-hydrogen) atoms. The Labute approximate surface area is 111 Å². The van der Waals surface area contributed by atoms with Crippen LogP contribution in [0.1, 0.15) is 32.4 Å². The Morgan fingerprint density at radius 2 is 2.00 bits per heavy atom. The van der Waals surface area contributed by atoms with Crippen LogP contribution in [0.2, 0.25) is 10.0 Å². The van der Waals surface area contributed by atoms with Crippen molar-refractivity contribution in [2.24, 2.45) is 5.73 Å². The number of nitrogens with two attached hydrogens (primary N) is 1. The highest BCUT2D eigenvalue weighted by atomic mass is 35.5. The summed E-state index contributed by atoms with van der Waals surface area (Å²) in [6.07, 6.45) is 0. The van der Waals surface area contributed by atoms with Gasteiger partial charge in [0.1, 0.15) is 0 Å². The molecule has 1 aromatic carbocycles. The van der Waals surface area contributed by atoms with Gasteiger partial charge >= 0.3 is 0 Å². The molecule has 0 aliphatic heterocycles. The van der Waals surface area contributed by atoms with Crippen molar-refractivity contribution in [1.29, 1.82) is 0 Å². The minimum atomic E-state index is -0.789. The summed E-state index contributed by atoms with van der Waals surface area (Å²) in [5, 5.41) is 4.28. The number of hydrogen-bond acceptors (Lipinski definition) is 2. The lowest BCUT2D eigenvalue weighted by Crippen LogP contribution is -2.51. The van der Waals surface area contributed by atoms with Crippen LogP contribution < -0.4 is 11.1 Å². The van der Waals surface area contributed by atoms with E-state index in [-0.39, 0.29) is 6.04 Å². The van der Waals surface area contributed by atoms with Crippen molar-refractivity contribution in [2.75, 3.05) is 0 Å². The second-order valence-corrected chi connectivity index (χ2v) is 5.36. The van der Waals surface area contributed by atoms with Crippen molar-refractivity contribution in [1.82, 2.24) is 5.32 Å². The monoisotopic (exact) mass is 274 g/mol. The van der Waals surface area contributed by atoms with Crippen molar-refractivity contribution in [3.8, 4) is 0 Å². The van der Waals surface area contributed by atoms with Crippen LogP contribution >= 0.6 is 23.2 Å². The van der Waals surface area contributed by atoms with Crippen LogP contribution in [0.25, 0.3) is 0 Å². The van der Waals surface area contributed by atoms with E-state index < -0.39 is 11.4 Å². The van der Waals surface area contributed by atoms with Gasteiger partial charge in [-0.05, 0) is 38.5 Å². The third-order valence-corrected chi connectivity index (χ3v) is 3.18. The van der Waals surface area contributed by atoms with E-state index in [1.165, 1.54) is 0 Å². The predicted octanol–water partition coefficient (Wildman–Crippen LogP) is 2.91. The summed E-state index contributed by atoms with van der Waals surface area (Å²) in [5.41, 5.74) is 5.39. The number of rotatable bonds is 4. The number of carbonyl (C=O) groups excluding carboxylic acids is 1. The summed E-state index contributed by atoms with van der Waals surface area (Å²) in [6.45, 7) is 5.38. The van der Waals surface area contributed by atoms with E-state index in [0.717, 1.165) is 5.56 Å². The number of halogens is 2. The Hall–Kier alpha value is -0.770. The van der Waals surface area contributed by atoms with Gasteiger partial charge < -0.3 is 5.73 Å². The molecule has 0 aliphatic rings. The number of nitrogens with one attached hydrogen (secondary N) is 1. The molecule has 0 radical (unpaired) electrons. The average Bonchev–Trinajstić information content (AvgIpc) is 2.15. The minimum absolute atomic E-state index is 0.0951. The molecule has 3 N–H and O–H groups in total. The summed E-state index contributed by atoms with van der Waals surface area (Å²) < 4.78 is 0. The van der Waals surface area contributed by atoms with Gasteiger partial charge in [0, 0.05) is 16.1 Å². The number of primary amides is 1. The van der Waals surface area contributed by atoms with E-state index in [1.54, 1.807) is 26.0 Å². The zero-order chi connectivity index (χ0) is 13.2. The summed E-state index contributed by atoms with van der Waals surface area (Å²) >= 11 is 11.9. The van der Waals surface area contributed by atoms with Gasteiger partial charge in [-0.3, -0.25) is 10.1 Å². The van der Waals surface area contributed by atoms with Crippen LogP contribution in [0.3, 0.4) is 0 Å². The third kappa shape index (κ3) is 3.60. The van der Waals surface area contributed by atoms with Gasteiger partial charge in [-0.15, -0.1) is 0 Å². The molecule has 0 bridgehead atoms. The minimum Gasteiger partial charge on any atom is -0.368 e. The molecule has 0 heterocycles. The number of hydrogen-bond donors (Lipinski definition) is 2. The van der Waals surface area contributed by atoms with Crippen molar-refractivity contribution < 1.29 is 4.79 Å². The lowest BCUT2D eigenvalue weighted by molar-refractivity contribution is -0.123. The molecule has 1 unspecified atom stereocenters. The number of benzene rings is 1. The summed E-state index contributed by atoms with van der Waals surface area (Å²) in [4.78, 5) is 11.2. The van der Waals surface area contributed by atoms with Crippen molar-refractivity contribution >= 4 is 29.1 Å². The fourth-order valence-electron chi connectivity index (χ4n) is 1.54. The van der Waals surface area contributed by atoms with E-state index in [1.807, 2.05) is 13.0 Å². The number of amides is 1. The fourth-order valence-corrected chi connectivity index (χ4v) is 2.11. The second-order valence-electron chi connectivity index (χ2n) is 4.52. The predicted molar refractivity (Wildman–Crippen MR) is 71.3 cm³/mol. The molecular weight excluding hydrogens is 259 g/mol. The van der Waals surface area contributed by atoms with Gasteiger partial charge in [-0.25, -0.2) is 0 Å². The summed E-state index contributed by atoms with van der Waals surface area (Å²) in [5.74, 6) is -0.408. The van der Waals surface area contributed by atoms with Gasteiger partial charge in [0.15, 0.2) is 0 Å². The van der Waals surface area contributed by atoms with Crippen LogP contribution in [-0.4, -0.2) is 11.4 Å². The van der Waals surface area contributed by atoms with E-state index >= 15 is 0 Å². The van der Waals surface area contributed by atoms with Gasteiger partial charge in [0.05, 0.1) is 5.54 Å². The van der Waals surface area contributed by atoms with Gasteiger partial charge in [-0.2, -0.15) is 0 Å². The summed E-state index contributed by atoms with van der Waals surface area (Å²) in [6, 6.07) is 5.17. The molecule has 0 spiro atoms. The summed E-state index contributed by atoms with van der Waals surface area (Å²) in [7, 11) is 0. The second kappa shape index (κ2) is 5.25. The quantitative estimate of drug-likeness (QED) is 0.887. The van der Waals surface area contributed by atoms with Crippen LogP contribution in [0.4, 0.5) is 0 Å². The lowest BCUT2D eigenvalue weighted by atomic mass is 10.0.